The zero-order valence-corrected chi connectivity index (χ0v) is 11.5. The van der Waals surface area contributed by atoms with Gasteiger partial charge in [-0.25, -0.2) is 0 Å². The molecule has 2 aromatic rings. The van der Waals surface area contributed by atoms with Gasteiger partial charge in [0.25, 0.3) is 0 Å². The molecule has 1 unspecified atom stereocenters. The van der Waals surface area contributed by atoms with Gasteiger partial charge in [-0.05, 0) is 31.5 Å². The van der Waals surface area contributed by atoms with E-state index in [0.717, 1.165) is 25.2 Å². The van der Waals surface area contributed by atoms with E-state index < -0.39 is 0 Å². The smallest absolute Gasteiger partial charge is 0.0722 e. The molecule has 1 aliphatic rings. The van der Waals surface area contributed by atoms with E-state index in [1.54, 1.807) is 0 Å². The van der Waals surface area contributed by atoms with Crippen molar-refractivity contribution in [1.29, 1.82) is 0 Å². The first-order valence-electron chi connectivity index (χ1n) is 7.20. The van der Waals surface area contributed by atoms with E-state index in [2.05, 4.69) is 52.5 Å². The number of rotatable bonds is 3. The van der Waals surface area contributed by atoms with Gasteiger partial charge >= 0.3 is 0 Å². The zero-order chi connectivity index (χ0) is 13.1. The lowest BCUT2D eigenvalue weighted by atomic mass is 10.0. The van der Waals surface area contributed by atoms with Crippen LogP contribution in [0, 0.1) is 0 Å². The Balaban J connectivity index is 1.91. The Hall–Kier alpha value is -1.61. The van der Waals surface area contributed by atoms with Gasteiger partial charge in [-0.1, -0.05) is 25.1 Å². The highest BCUT2D eigenvalue weighted by atomic mass is 15.2. The van der Waals surface area contributed by atoms with Crippen LogP contribution in [0.3, 0.4) is 0 Å². The molecule has 0 spiro atoms. The van der Waals surface area contributed by atoms with E-state index in [0.29, 0.717) is 6.04 Å². The standard InChI is InChI=1S/C16H21N3/c1-2-17-13-6-5-11-19(12-13)16-9-10-18-15-8-4-3-7-14(15)16/h3-4,7-10,13,17H,2,5-6,11-12H2,1H3. The predicted octanol–water partition coefficient (Wildman–Crippen LogP) is 2.81. The fourth-order valence-corrected chi connectivity index (χ4v) is 3.01. The van der Waals surface area contributed by atoms with Crippen molar-refractivity contribution in [3.63, 3.8) is 0 Å². The van der Waals surface area contributed by atoms with E-state index >= 15 is 0 Å². The Labute approximate surface area is 114 Å². The van der Waals surface area contributed by atoms with Gasteiger partial charge < -0.3 is 10.2 Å². The van der Waals surface area contributed by atoms with Crippen LogP contribution in [-0.4, -0.2) is 30.7 Å². The van der Waals surface area contributed by atoms with E-state index in [1.165, 1.54) is 23.9 Å². The third-order valence-electron chi connectivity index (χ3n) is 3.88. The first-order chi connectivity index (χ1) is 9.38. The number of pyridine rings is 1. The number of anilines is 1. The topological polar surface area (TPSA) is 28.2 Å². The van der Waals surface area contributed by atoms with Crippen molar-refractivity contribution in [3.8, 4) is 0 Å². The summed E-state index contributed by atoms with van der Waals surface area (Å²) in [4.78, 5) is 6.95. The largest absolute Gasteiger partial charge is 0.369 e. The number of hydrogen-bond acceptors (Lipinski definition) is 3. The number of fused-ring (bicyclic) bond motifs is 1. The van der Waals surface area contributed by atoms with E-state index in [9.17, 15) is 0 Å². The Morgan fingerprint density at radius 1 is 1.32 bits per heavy atom. The number of para-hydroxylation sites is 1. The van der Waals surface area contributed by atoms with Crippen molar-refractivity contribution >= 4 is 16.6 Å². The molecular weight excluding hydrogens is 234 g/mol. The van der Waals surface area contributed by atoms with Crippen molar-refractivity contribution < 1.29 is 0 Å². The molecule has 1 aliphatic heterocycles. The van der Waals surface area contributed by atoms with Crippen LogP contribution in [0.25, 0.3) is 10.9 Å². The molecule has 1 fully saturated rings. The maximum atomic E-state index is 4.45. The van der Waals surface area contributed by atoms with E-state index in [1.807, 2.05) is 6.20 Å². The van der Waals surface area contributed by atoms with Crippen LogP contribution in [0.1, 0.15) is 19.8 Å². The molecule has 3 nitrogen and oxygen atoms in total. The second-order valence-electron chi connectivity index (χ2n) is 5.19. The summed E-state index contributed by atoms with van der Waals surface area (Å²) in [5.74, 6) is 0. The molecular formula is C16H21N3. The van der Waals surface area contributed by atoms with Crippen LogP contribution in [0.5, 0.6) is 0 Å². The second-order valence-corrected chi connectivity index (χ2v) is 5.19. The molecule has 1 N–H and O–H groups in total. The van der Waals surface area contributed by atoms with Gasteiger partial charge in [-0.3, -0.25) is 4.98 Å². The SMILES string of the molecule is CCNC1CCCN(c2ccnc3ccccc23)C1. The number of piperidine rings is 1. The van der Waals surface area contributed by atoms with E-state index in [4.69, 9.17) is 0 Å². The Morgan fingerprint density at radius 3 is 3.11 bits per heavy atom. The number of likely N-dealkylation sites (N-methyl/N-ethyl adjacent to an activating group) is 1. The molecule has 1 aromatic carbocycles. The third-order valence-corrected chi connectivity index (χ3v) is 3.88. The van der Waals surface area contributed by atoms with Gasteiger partial charge in [0.15, 0.2) is 0 Å². The highest BCUT2D eigenvalue weighted by molar-refractivity contribution is 5.91. The summed E-state index contributed by atoms with van der Waals surface area (Å²) < 4.78 is 0. The fraction of sp³-hybridized carbons (Fsp3) is 0.438. The summed E-state index contributed by atoms with van der Waals surface area (Å²) in [6.07, 6.45) is 4.47. The summed E-state index contributed by atoms with van der Waals surface area (Å²) in [7, 11) is 0. The second kappa shape index (κ2) is 5.57. The molecule has 1 saturated heterocycles. The molecule has 0 saturated carbocycles. The van der Waals surface area contributed by atoms with Crippen molar-refractivity contribution in [2.45, 2.75) is 25.8 Å². The minimum atomic E-state index is 0.616. The van der Waals surface area contributed by atoms with Crippen molar-refractivity contribution in [3.05, 3.63) is 36.5 Å². The third kappa shape index (κ3) is 2.56. The Bertz CT molecular complexity index is 545. The van der Waals surface area contributed by atoms with Crippen LogP contribution >= 0.6 is 0 Å². The first kappa shape index (κ1) is 12.4. The predicted molar refractivity (Wildman–Crippen MR) is 80.7 cm³/mol. The maximum absolute atomic E-state index is 4.45. The molecule has 3 rings (SSSR count). The molecule has 3 heteroatoms. The normalized spacial score (nSPS) is 19.8. The van der Waals surface area contributed by atoms with Crippen molar-refractivity contribution in [2.24, 2.45) is 0 Å². The van der Waals surface area contributed by atoms with Crippen molar-refractivity contribution in [1.82, 2.24) is 10.3 Å². The van der Waals surface area contributed by atoms with Gasteiger partial charge in [0, 0.05) is 36.4 Å². The summed E-state index contributed by atoms with van der Waals surface area (Å²) in [5.41, 5.74) is 2.42. The molecule has 0 radical (unpaired) electrons. The molecule has 0 aliphatic carbocycles. The van der Waals surface area contributed by atoms with Gasteiger partial charge in [0.05, 0.1) is 5.52 Å². The van der Waals surface area contributed by atoms with Gasteiger partial charge in [0.1, 0.15) is 0 Å². The monoisotopic (exact) mass is 255 g/mol. The van der Waals surface area contributed by atoms with Crippen LogP contribution < -0.4 is 10.2 Å². The highest BCUT2D eigenvalue weighted by Crippen LogP contribution is 2.27. The average Bonchev–Trinajstić information content (AvgIpc) is 2.47. The molecule has 19 heavy (non-hydrogen) atoms. The lowest BCUT2D eigenvalue weighted by Crippen LogP contribution is -2.45. The Morgan fingerprint density at radius 2 is 2.21 bits per heavy atom. The summed E-state index contributed by atoms with van der Waals surface area (Å²) in [6, 6.07) is 11.2. The number of nitrogens with zero attached hydrogens (tertiary/aromatic N) is 2. The number of hydrogen-bond donors (Lipinski definition) is 1. The fourth-order valence-electron chi connectivity index (χ4n) is 3.01. The molecule has 2 heterocycles. The summed E-state index contributed by atoms with van der Waals surface area (Å²) >= 11 is 0. The van der Waals surface area contributed by atoms with Gasteiger partial charge in [-0.15, -0.1) is 0 Å². The van der Waals surface area contributed by atoms with Crippen LogP contribution in [0.2, 0.25) is 0 Å². The molecule has 0 bridgehead atoms. The first-order valence-corrected chi connectivity index (χ1v) is 7.20. The van der Waals surface area contributed by atoms with E-state index in [-0.39, 0.29) is 0 Å². The molecule has 1 atom stereocenters. The van der Waals surface area contributed by atoms with Gasteiger partial charge in [0.2, 0.25) is 0 Å². The number of nitrogens with one attached hydrogen (secondary N) is 1. The van der Waals surface area contributed by atoms with Crippen LogP contribution in [-0.2, 0) is 0 Å². The van der Waals surface area contributed by atoms with Crippen LogP contribution in [0.15, 0.2) is 36.5 Å². The lowest BCUT2D eigenvalue weighted by molar-refractivity contribution is 0.432. The minimum absolute atomic E-state index is 0.616. The molecule has 100 valence electrons. The number of aromatic nitrogens is 1. The zero-order valence-electron chi connectivity index (χ0n) is 11.5. The molecule has 0 amide bonds. The Kier molecular flexibility index (Phi) is 3.65. The molecule has 1 aromatic heterocycles. The van der Waals surface area contributed by atoms with Crippen LogP contribution in [0.4, 0.5) is 5.69 Å². The highest BCUT2D eigenvalue weighted by Gasteiger charge is 2.20. The average molecular weight is 255 g/mol. The van der Waals surface area contributed by atoms with Gasteiger partial charge in [-0.2, -0.15) is 0 Å². The quantitative estimate of drug-likeness (QED) is 0.914. The maximum Gasteiger partial charge on any atom is 0.0722 e. The lowest BCUT2D eigenvalue weighted by Gasteiger charge is -2.35. The number of benzene rings is 1. The summed E-state index contributed by atoms with van der Waals surface area (Å²) in [6.45, 7) is 5.48. The summed E-state index contributed by atoms with van der Waals surface area (Å²) in [5, 5.41) is 4.84. The van der Waals surface area contributed by atoms with Crippen molar-refractivity contribution in [2.75, 3.05) is 24.5 Å². The minimum Gasteiger partial charge on any atom is -0.369 e.